The van der Waals surface area contributed by atoms with Crippen LogP contribution >= 0.6 is 0 Å². The lowest BCUT2D eigenvalue weighted by Crippen LogP contribution is -2.53. The fourth-order valence-corrected chi connectivity index (χ4v) is 4.95. The fourth-order valence-electron chi connectivity index (χ4n) is 4.95. The summed E-state index contributed by atoms with van der Waals surface area (Å²) >= 11 is 0. The van der Waals surface area contributed by atoms with Crippen molar-refractivity contribution in [1.29, 1.82) is 5.41 Å². The Morgan fingerprint density at radius 3 is 2.42 bits per heavy atom. The van der Waals surface area contributed by atoms with Crippen molar-refractivity contribution in [2.45, 2.75) is 83.5 Å². The molecule has 38 heavy (non-hydrogen) atoms. The lowest BCUT2D eigenvalue weighted by atomic mass is 9.79. The van der Waals surface area contributed by atoms with E-state index in [-0.39, 0.29) is 28.8 Å². The van der Waals surface area contributed by atoms with Gasteiger partial charge >= 0.3 is 6.18 Å². The van der Waals surface area contributed by atoms with E-state index in [1.807, 2.05) is 6.92 Å². The molecule has 1 saturated carbocycles. The highest BCUT2D eigenvalue weighted by Gasteiger charge is 2.36. The van der Waals surface area contributed by atoms with E-state index in [1.54, 1.807) is 27.0 Å². The van der Waals surface area contributed by atoms with Gasteiger partial charge in [0.25, 0.3) is 0 Å². The molecular weight excluding hydrogens is 495 g/mol. The molecule has 0 aliphatic heterocycles. The number of aromatic nitrogens is 2. The lowest BCUT2D eigenvalue weighted by molar-refractivity contribution is -0.137. The second kappa shape index (κ2) is 12.6. The van der Waals surface area contributed by atoms with E-state index < -0.39 is 35.5 Å². The molecular formula is C28H36F3N5O2. The van der Waals surface area contributed by atoms with Gasteiger partial charge in [-0.05, 0) is 64.3 Å². The first-order chi connectivity index (χ1) is 18.0. The predicted molar refractivity (Wildman–Crippen MR) is 140 cm³/mol. The van der Waals surface area contributed by atoms with Crippen LogP contribution in [0.2, 0.25) is 0 Å². The second-order valence-corrected chi connectivity index (χ2v) is 9.94. The molecule has 1 amide bonds. The number of aryl methyl sites for hydroxylation is 1. The van der Waals surface area contributed by atoms with Crippen molar-refractivity contribution in [2.75, 3.05) is 7.05 Å². The molecule has 0 radical (unpaired) electrons. The maximum atomic E-state index is 13.7. The van der Waals surface area contributed by atoms with Gasteiger partial charge < -0.3 is 16.0 Å². The molecule has 7 nitrogen and oxygen atoms in total. The Morgan fingerprint density at radius 1 is 1.13 bits per heavy atom. The number of alkyl halides is 3. The third-order valence-electron chi connectivity index (χ3n) is 7.25. The first-order valence-electron chi connectivity index (χ1n) is 13.1. The Labute approximate surface area is 221 Å². The van der Waals surface area contributed by atoms with Crippen LogP contribution in [0.25, 0.3) is 11.3 Å². The van der Waals surface area contributed by atoms with E-state index in [1.165, 1.54) is 12.1 Å². The van der Waals surface area contributed by atoms with Gasteiger partial charge in [0, 0.05) is 11.5 Å². The van der Waals surface area contributed by atoms with Crippen molar-refractivity contribution < 1.29 is 22.8 Å². The van der Waals surface area contributed by atoms with Crippen LogP contribution in [0.3, 0.4) is 0 Å². The predicted octanol–water partition coefficient (Wildman–Crippen LogP) is 5.23. The summed E-state index contributed by atoms with van der Waals surface area (Å²) in [4.78, 5) is 35.2. The van der Waals surface area contributed by atoms with Gasteiger partial charge in [-0.2, -0.15) is 13.2 Å². The second-order valence-electron chi connectivity index (χ2n) is 9.94. The maximum absolute atomic E-state index is 13.7. The Kier molecular flexibility index (Phi) is 9.76. The number of nitrogens with one attached hydrogen (secondary N) is 3. The minimum atomic E-state index is -4.50. The van der Waals surface area contributed by atoms with Gasteiger partial charge in [-0.1, -0.05) is 38.3 Å². The van der Waals surface area contributed by atoms with Gasteiger partial charge in [-0.25, -0.2) is 9.97 Å². The summed E-state index contributed by atoms with van der Waals surface area (Å²) in [6.07, 6.45) is 0.462. The van der Waals surface area contributed by atoms with Crippen LogP contribution in [0.1, 0.15) is 75.4 Å². The van der Waals surface area contributed by atoms with Crippen LogP contribution in [0, 0.1) is 18.3 Å². The van der Waals surface area contributed by atoms with Crippen LogP contribution in [0.15, 0.2) is 30.3 Å². The smallest absolute Gasteiger partial charge is 0.344 e. The quantitative estimate of drug-likeness (QED) is 0.364. The Morgan fingerprint density at radius 2 is 1.82 bits per heavy atom. The first-order valence-corrected chi connectivity index (χ1v) is 13.1. The summed E-state index contributed by atoms with van der Waals surface area (Å²) in [6.45, 7) is 5.16. The molecule has 3 unspecified atom stereocenters. The molecule has 1 aliphatic rings. The number of hydrogen-bond donors (Lipinski definition) is 3. The van der Waals surface area contributed by atoms with Gasteiger partial charge in [0.2, 0.25) is 5.91 Å². The van der Waals surface area contributed by atoms with Crippen molar-refractivity contribution >= 4 is 17.4 Å². The van der Waals surface area contributed by atoms with Crippen LogP contribution in [-0.2, 0) is 15.8 Å². The van der Waals surface area contributed by atoms with E-state index in [0.717, 1.165) is 44.2 Å². The summed E-state index contributed by atoms with van der Waals surface area (Å²) in [5.74, 6) is -1.18. The van der Waals surface area contributed by atoms with Gasteiger partial charge in [-0.3, -0.25) is 9.59 Å². The number of nitrogens with zero attached hydrogens (tertiary/aromatic N) is 2. The zero-order valence-electron chi connectivity index (χ0n) is 22.3. The summed E-state index contributed by atoms with van der Waals surface area (Å²) in [7, 11) is 1.66. The fraction of sp³-hybridized carbons (Fsp3) is 0.536. The average Bonchev–Trinajstić information content (AvgIpc) is 2.90. The molecule has 1 aliphatic carbocycles. The first kappa shape index (κ1) is 29.4. The standard InChI is InChI=1S/C28H36F3N5O2/c1-5-21(23-15-22(34-17(3)35-23)19-12-9-13-20(14-19)28(29,30)31)24(32)26(37)25(18-10-7-6-8-11-18)36-27(38)16(2)33-4/h9,12-16,18,21,25,32-33H,5-8,10-11H2,1-4H3,(H,36,38). The molecule has 10 heteroatoms. The van der Waals surface area contributed by atoms with Gasteiger partial charge in [0.05, 0.1) is 34.7 Å². The Bertz CT molecular complexity index is 1160. The number of likely N-dealkylation sites (N-methyl/N-ethyl adjacent to an activating group) is 1. The number of carbonyl (C=O) groups is 2. The number of benzene rings is 1. The minimum absolute atomic E-state index is 0.0603. The molecule has 1 fully saturated rings. The third kappa shape index (κ3) is 7.03. The van der Waals surface area contributed by atoms with Crippen molar-refractivity contribution in [2.24, 2.45) is 5.92 Å². The molecule has 3 atom stereocenters. The summed E-state index contributed by atoms with van der Waals surface area (Å²) in [6, 6.07) is 5.13. The minimum Gasteiger partial charge on any atom is -0.344 e. The number of rotatable bonds is 10. The maximum Gasteiger partial charge on any atom is 0.416 e. The van der Waals surface area contributed by atoms with Gasteiger partial charge in [0.1, 0.15) is 5.82 Å². The molecule has 206 valence electrons. The molecule has 2 aromatic rings. The SMILES string of the molecule is CCC(C(=N)C(=O)C(NC(=O)C(C)NC)C1CCCCC1)c1cc(-c2cccc(C(F)(F)F)c2)nc(C)n1. The molecule has 0 saturated heterocycles. The topological polar surface area (TPSA) is 108 Å². The van der Waals surface area contributed by atoms with Gasteiger partial charge in [0.15, 0.2) is 5.78 Å². The van der Waals surface area contributed by atoms with Crippen LogP contribution in [0.5, 0.6) is 0 Å². The third-order valence-corrected chi connectivity index (χ3v) is 7.25. The largest absolute Gasteiger partial charge is 0.416 e. The zero-order chi connectivity index (χ0) is 28.0. The summed E-state index contributed by atoms with van der Waals surface area (Å²) < 4.78 is 39.8. The summed E-state index contributed by atoms with van der Waals surface area (Å²) in [5.41, 5.74) is -0.00810. The Hall–Kier alpha value is -3.14. The number of Topliss-reactive ketones (excluding diaryl/α,β-unsaturated/α-hetero) is 1. The number of hydrogen-bond acceptors (Lipinski definition) is 6. The van der Waals surface area contributed by atoms with E-state index >= 15 is 0 Å². The molecule has 1 aromatic carbocycles. The number of amides is 1. The van der Waals surface area contributed by atoms with Crippen LogP contribution < -0.4 is 10.6 Å². The summed E-state index contributed by atoms with van der Waals surface area (Å²) in [5, 5.41) is 14.6. The molecule has 0 spiro atoms. The van der Waals surface area contributed by atoms with E-state index in [2.05, 4.69) is 20.6 Å². The lowest BCUT2D eigenvalue weighted by Gasteiger charge is -2.31. The van der Waals surface area contributed by atoms with Crippen LogP contribution in [0.4, 0.5) is 13.2 Å². The zero-order valence-corrected chi connectivity index (χ0v) is 22.3. The van der Waals surface area contributed by atoms with Gasteiger partial charge in [-0.15, -0.1) is 0 Å². The molecule has 3 N–H and O–H groups in total. The molecule has 0 bridgehead atoms. The normalized spacial score (nSPS) is 16.9. The Balaban J connectivity index is 1.94. The van der Waals surface area contributed by atoms with E-state index in [4.69, 9.17) is 5.41 Å². The molecule has 1 heterocycles. The number of halogens is 3. The highest BCUT2D eigenvalue weighted by Crippen LogP contribution is 2.33. The highest BCUT2D eigenvalue weighted by atomic mass is 19.4. The van der Waals surface area contributed by atoms with Crippen molar-refractivity contribution in [3.8, 4) is 11.3 Å². The average molecular weight is 532 g/mol. The van der Waals surface area contributed by atoms with Crippen LogP contribution in [-0.4, -0.2) is 46.5 Å². The molecule has 3 rings (SSSR count). The monoisotopic (exact) mass is 531 g/mol. The van der Waals surface area contributed by atoms with Crippen molar-refractivity contribution in [3.05, 3.63) is 47.4 Å². The molecule has 1 aromatic heterocycles. The van der Waals surface area contributed by atoms with Crippen molar-refractivity contribution in [3.63, 3.8) is 0 Å². The highest BCUT2D eigenvalue weighted by molar-refractivity contribution is 6.42. The number of carbonyl (C=O) groups excluding carboxylic acids is 2. The van der Waals surface area contributed by atoms with E-state index in [0.29, 0.717) is 17.9 Å². The number of ketones is 1. The van der Waals surface area contributed by atoms with E-state index in [9.17, 15) is 22.8 Å². The van der Waals surface area contributed by atoms with Crippen molar-refractivity contribution in [1.82, 2.24) is 20.6 Å².